The molecule has 1 saturated heterocycles. The quantitative estimate of drug-likeness (QED) is 0.412. The van der Waals surface area contributed by atoms with Gasteiger partial charge in [0, 0.05) is 42.2 Å². The topological polar surface area (TPSA) is 52.4 Å². The monoisotopic (exact) mass is 500 g/mol. The second-order valence-electron chi connectivity index (χ2n) is 10.0. The number of ether oxygens (including phenoxy) is 1. The highest BCUT2D eigenvalue weighted by atomic mass is 35.5. The maximum Gasteiger partial charge on any atom is 0.128 e. The van der Waals surface area contributed by atoms with Gasteiger partial charge >= 0.3 is 0 Å². The van der Waals surface area contributed by atoms with Crippen LogP contribution < -0.4 is 9.64 Å². The molecule has 0 amide bonds. The fraction of sp³-hybridized carbons (Fsp3) is 0.400. The van der Waals surface area contributed by atoms with Gasteiger partial charge in [-0.05, 0) is 68.3 Å². The van der Waals surface area contributed by atoms with E-state index in [1.54, 1.807) is 6.07 Å². The molecule has 2 aromatic carbocycles. The molecule has 0 saturated carbocycles. The molecule has 36 heavy (non-hydrogen) atoms. The van der Waals surface area contributed by atoms with E-state index in [4.69, 9.17) is 21.3 Å². The highest BCUT2D eigenvalue weighted by Gasteiger charge is 2.48. The van der Waals surface area contributed by atoms with Crippen molar-refractivity contribution in [2.75, 3.05) is 38.2 Å². The SMILES string of the molecule is CCOc1ccccc1-c1ccc2c(n1)CN(C)CC21CCN(c2ccc(Cl)cc2C#N)CC1CC. The lowest BCUT2D eigenvalue weighted by molar-refractivity contribution is 0.121. The van der Waals surface area contributed by atoms with E-state index in [2.05, 4.69) is 48.0 Å². The first kappa shape index (κ1) is 24.6. The molecule has 3 aromatic rings. The minimum atomic E-state index is 0.0395. The highest BCUT2D eigenvalue weighted by molar-refractivity contribution is 6.30. The number of pyridine rings is 1. The van der Waals surface area contributed by atoms with Crippen molar-refractivity contribution in [3.05, 3.63) is 76.4 Å². The fourth-order valence-electron chi connectivity index (χ4n) is 6.31. The van der Waals surface area contributed by atoms with Crippen molar-refractivity contribution in [2.24, 2.45) is 5.92 Å². The van der Waals surface area contributed by atoms with Gasteiger partial charge in [-0.25, -0.2) is 0 Å². The summed E-state index contributed by atoms with van der Waals surface area (Å²) in [5, 5.41) is 10.3. The van der Waals surface area contributed by atoms with Crippen molar-refractivity contribution in [2.45, 2.75) is 38.6 Å². The van der Waals surface area contributed by atoms with Crippen LogP contribution in [0.25, 0.3) is 11.3 Å². The van der Waals surface area contributed by atoms with Crippen LogP contribution in [-0.2, 0) is 12.0 Å². The van der Waals surface area contributed by atoms with E-state index in [0.29, 0.717) is 23.1 Å². The highest BCUT2D eigenvalue weighted by Crippen LogP contribution is 2.47. The van der Waals surface area contributed by atoms with Crippen LogP contribution in [0, 0.1) is 17.2 Å². The molecule has 1 fully saturated rings. The van der Waals surface area contributed by atoms with E-state index >= 15 is 0 Å². The van der Waals surface area contributed by atoms with E-state index in [9.17, 15) is 5.26 Å². The molecule has 0 N–H and O–H groups in total. The molecule has 1 aromatic heterocycles. The summed E-state index contributed by atoms with van der Waals surface area (Å²) in [5.74, 6) is 1.32. The van der Waals surface area contributed by atoms with Gasteiger partial charge in [-0.2, -0.15) is 5.26 Å². The van der Waals surface area contributed by atoms with Crippen LogP contribution in [0.15, 0.2) is 54.6 Å². The van der Waals surface area contributed by atoms with E-state index < -0.39 is 0 Å². The molecule has 3 heterocycles. The van der Waals surface area contributed by atoms with E-state index in [-0.39, 0.29) is 5.41 Å². The molecular formula is C30H33ClN4O. The summed E-state index contributed by atoms with van der Waals surface area (Å²) in [7, 11) is 2.21. The number of para-hydroxylation sites is 1. The molecule has 0 aliphatic carbocycles. The van der Waals surface area contributed by atoms with Crippen LogP contribution >= 0.6 is 11.6 Å². The number of nitriles is 1. The molecule has 5 nitrogen and oxygen atoms in total. The van der Waals surface area contributed by atoms with Gasteiger partial charge in [-0.3, -0.25) is 9.88 Å². The standard InChI is InChI=1S/C30H33ClN4O/c1-4-22-18-35(28-13-10-23(31)16-21(28)17-32)15-14-30(22)20-34(3)19-27-25(30)11-12-26(33-27)24-8-6-7-9-29(24)36-5-2/h6-13,16,22H,4-5,14-15,18-20H2,1-3H3. The lowest BCUT2D eigenvalue weighted by Gasteiger charge is -2.53. The van der Waals surface area contributed by atoms with Crippen molar-refractivity contribution < 1.29 is 4.74 Å². The number of anilines is 1. The van der Waals surface area contributed by atoms with Gasteiger partial charge in [0.25, 0.3) is 0 Å². The van der Waals surface area contributed by atoms with Crippen molar-refractivity contribution >= 4 is 17.3 Å². The average Bonchev–Trinajstić information content (AvgIpc) is 2.89. The van der Waals surface area contributed by atoms with Gasteiger partial charge < -0.3 is 9.64 Å². The van der Waals surface area contributed by atoms with Crippen LogP contribution in [0.3, 0.4) is 0 Å². The Bertz CT molecular complexity index is 1300. The molecule has 1 spiro atoms. The predicted octanol–water partition coefficient (Wildman–Crippen LogP) is 6.29. The van der Waals surface area contributed by atoms with Gasteiger partial charge in [0.05, 0.1) is 29.2 Å². The van der Waals surface area contributed by atoms with Gasteiger partial charge in [-0.1, -0.05) is 43.1 Å². The number of rotatable bonds is 5. The first-order chi connectivity index (χ1) is 17.5. The van der Waals surface area contributed by atoms with E-state index in [1.807, 2.05) is 37.3 Å². The van der Waals surface area contributed by atoms with Crippen molar-refractivity contribution in [1.29, 1.82) is 5.26 Å². The zero-order valence-corrected chi connectivity index (χ0v) is 22.1. The Balaban J connectivity index is 1.51. The molecule has 186 valence electrons. The molecule has 2 unspecified atom stereocenters. The Hall–Kier alpha value is -3.07. The fourth-order valence-corrected chi connectivity index (χ4v) is 6.48. The number of hydrogen-bond donors (Lipinski definition) is 0. The summed E-state index contributed by atoms with van der Waals surface area (Å²) in [4.78, 5) is 10.0. The summed E-state index contributed by atoms with van der Waals surface area (Å²) < 4.78 is 5.89. The summed E-state index contributed by atoms with van der Waals surface area (Å²) in [6.45, 7) is 8.61. The Morgan fingerprint density at radius 2 is 2.00 bits per heavy atom. The number of likely N-dealkylation sites (N-methyl/N-ethyl adjacent to an activating group) is 1. The van der Waals surface area contributed by atoms with Gasteiger partial charge in [0.2, 0.25) is 0 Å². The molecule has 0 bridgehead atoms. The van der Waals surface area contributed by atoms with Crippen LogP contribution in [0.4, 0.5) is 5.69 Å². The predicted molar refractivity (Wildman–Crippen MR) is 146 cm³/mol. The number of hydrogen-bond acceptors (Lipinski definition) is 5. The number of piperidine rings is 1. The van der Waals surface area contributed by atoms with Crippen LogP contribution in [-0.4, -0.2) is 43.2 Å². The summed E-state index contributed by atoms with van der Waals surface area (Å²) in [6, 6.07) is 20.7. The Kier molecular flexibility index (Phi) is 6.92. The molecule has 0 radical (unpaired) electrons. The average molecular weight is 501 g/mol. The van der Waals surface area contributed by atoms with Crippen LogP contribution in [0.2, 0.25) is 5.02 Å². The molecular weight excluding hydrogens is 468 g/mol. The minimum absolute atomic E-state index is 0.0395. The van der Waals surface area contributed by atoms with Crippen LogP contribution in [0.5, 0.6) is 5.75 Å². The summed E-state index contributed by atoms with van der Waals surface area (Å²) in [6.07, 6.45) is 2.08. The summed E-state index contributed by atoms with van der Waals surface area (Å²) in [5.41, 5.74) is 6.24. The Morgan fingerprint density at radius 3 is 2.78 bits per heavy atom. The second kappa shape index (κ2) is 10.1. The third kappa shape index (κ3) is 4.34. The molecule has 2 aliphatic rings. The zero-order chi connectivity index (χ0) is 25.3. The third-order valence-corrected chi connectivity index (χ3v) is 8.14. The molecule has 6 heteroatoms. The largest absolute Gasteiger partial charge is 0.493 e. The van der Waals surface area contributed by atoms with Gasteiger partial charge in [-0.15, -0.1) is 0 Å². The van der Waals surface area contributed by atoms with Crippen molar-refractivity contribution in [3.8, 4) is 23.1 Å². The third-order valence-electron chi connectivity index (χ3n) is 7.91. The van der Waals surface area contributed by atoms with E-state index in [0.717, 1.165) is 61.7 Å². The molecule has 5 rings (SSSR count). The smallest absolute Gasteiger partial charge is 0.128 e. The van der Waals surface area contributed by atoms with Crippen molar-refractivity contribution in [3.63, 3.8) is 0 Å². The Morgan fingerprint density at radius 1 is 1.17 bits per heavy atom. The molecule has 2 atom stereocenters. The summed E-state index contributed by atoms with van der Waals surface area (Å²) >= 11 is 6.17. The van der Waals surface area contributed by atoms with E-state index in [1.165, 1.54) is 11.3 Å². The number of halogens is 1. The molecule has 2 aliphatic heterocycles. The number of nitrogens with zero attached hydrogens (tertiary/aromatic N) is 4. The lowest BCUT2D eigenvalue weighted by Crippen LogP contribution is -2.57. The van der Waals surface area contributed by atoms with Gasteiger partial charge in [0.1, 0.15) is 11.8 Å². The maximum absolute atomic E-state index is 9.72. The first-order valence-electron chi connectivity index (χ1n) is 12.8. The number of fused-ring (bicyclic) bond motifs is 2. The van der Waals surface area contributed by atoms with Gasteiger partial charge in [0.15, 0.2) is 0 Å². The minimum Gasteiger partial charge on any atom is -0.493 e. The number of aromatic nitrogens is 1. The zero-order valence-electron chi connectivity index (χ0n) is 21.3. The lowest BCUT2D eigenvalue weighted by atomic mass is 9.62. The number of benzene rings is 2. The first-order valence-corrected chi connectivity index (χ1v) is 13.2. The normalized spacial score (nSPS) is 21.8. The maximum atomic E-state index is 9.72. The Labute approximate surface area is 219 Å². The van der Waals surface area contributed by atoms with Crippen LogP contribution in [0.1, 0.15) is 43.5 Å². The second-order valence-corrected chi connectivity index (χ2v) is 10.5. The van der Waals surface area contributed by atoms with Crippen molar-refractivity contribution in [1.82, 2.24) is 9.88 Å².